The molecule has 0 radical (unpaired) electrons. The molecule has 1 aromatic carbocycles. The zero-order chi connectivity index (χ0) is 24.5. The van der Waals surface area contributed by atoms with Crippen LogP contribution in [0.5, 0.6) is 0 Å². The molecule has 0 aliphatic carbocycles. The van der Waals surface area contributed by atoms with Crippen molar-refractivity contribution in [3.63, 3.8) is 0 Å². The Bertz CT molecular complexity index is 1190. The summed E-state index contributed by atoms with van der Waals surface area (Å²) in [6.45, 7) is 1.69. The van der Waals surface area contributed by atoms with Gasteiger partial charge < -0.3 is 15.4 Å². The highest BCUT2D eigenvalue weighted by Crippen LogP contribution is 2.35. The van der Waals surface area contributed by atoms with Gasteiger partial charge in [0.05, 0.1) is 48.1 Å². The lowest BCUT2D eigenvalue weighted by Crippen LogP contribution is -2.34. The van der Waals surface area contributed by atoms with Crippen molar-refractivity contribution in [3.05, 3.63) is 65.9 Å². The van der Waals surface area contributed by atoms with Gasteiger partial charge in [0.25, 0.3) is 0 Å². The number of morpholine rings is 1. The molecule has 34 heavy (non-hydrogen) atoms. The summed E-state index contributed by atoms with van der Waals surface area (Å²) in [6.07, 6.45) is -0.776. The van der Waals surface area contributed by atoms with Crippen molar-refractivity contribution in [2.75, 3.05) is 37.0 Å². The normalized spacial score (nSPS) is 16.4. The molecule has 2 N–H and O–H groups in total. The summed E-state index contributed by atoms with van der Waals surface area (Å²) in [4.78, 5) is 21.3. The number of halogens is 5. The number of nitrogens with zero attached hydrogens (tertiary/aromatic N) is 4. The summed E-state index contributed by atoms with van der Waals surface area (Å²) in [6, 6.07) is 2.44. The first-order chi connectivity index (χ1) is 16.1. The number of carbonyl (C=O) groups is 1. The molecular formula is C21H19F5N6O2. The Kier molecular flexibility index (Phi) is 6.48. The fourth-order valence-electron chi connectivity index (χ4n) is 3.39. The fourth-order valence-corrected chi connectivity index (χ4v) is 3.39. The van der Waals surface area contributed by atoms with Gasteiger partial charge in [-0.2, -0.15) is 13.2 Å². The highest BCUT2D eigenvalue weighted by Gasteiger charge is 2.35. The van der Waals surface area contributed by atoms with Gasteiger partial charge in [-0.05, 0) is 12.1 Å². The average molecular weight is 482 g/mol. The molecule has 3 heterocycles. The summed E-state index contributed by atoms with van der Waals surface area (Å²) in [7, 11) is 1.09. The molecular weight excluding hydrogens is 463 g/mol. The lowest BCUT2D eigenvalue weighted by atomic mass is 10.1. The summed E-state index contributed by atoms with van der Waals surface area (Å²) >= 11 is 0. The molecule has 3 aromatic rings. The van der Waals surface area contributed by atoms with Crippen LogP contribution in [0.25, 0.3) is 5.82 Å². The molecule has 0 spiro atoms. The smallest absolute Gasteiger partial charge is 0.378 e. The molecule has 4 rings (SSSR count). The summed E-state index contributed by atoms with van der Waals surface area (Å²) in [5.74, 6) is -2.46. The highest BCUT2D eigenvalue weighted by molar-refractivity contribution is 6.01. The molecule has 1 atom stereocenters. The van der Waals surface area contributed by atoms with E-state index in [1.54, 1.807) is 6.20 Å². The number of nitrogens with one attached hydrogen (secondary N) is 2. The minimum Gasteiger partial charge on any atom is -0.378 e. The van der Waals surface area contributed by atoms with Gasteiger partial charge in [0.2, 0.25) is 0 Å². The van der Waals surface area contributed by atoms with E-state index >= 15 is 0 Å². The van der Waals surface area contributed by atoms with Gasteiger partial charge in [-0.3, -0.25) is 9.47 Å². The van der Waals surface area contributed by atoms with Crippen LogP contribution in [-0.2, 0) is 10.9 Å². The predicted molar refractivity (Wildman–Crippen MR) is 112 cm³/mol. The zero-order valence-electron chi connectivity index (χ0n) is 17.7. The largest absolute Gasteiger partial charge is 0.419 e. The maximum atomic E-state index is 14.7. The second-order valence-electron chi connectivity index (χ2n) is 7.44. The van der Waals surface area contributed by atoms with Crippen molar-refractivity contribution in [2.45, 2.75) is 12.2 Å². The zero-order valence-corrected chi connectivity index (χ0v) is 17.7. The van der Waals surface area contributed by atoms with Crippen molar-refractivity contribution < 1.29 is 31.5 Å². The van der Waals surface area contributed by atoms with E-state index in [1.807, 2.05) is 0 Å². The van der Waals surface area contributed by atoms with E-state index in [0.717, 1.165) is 31.4 Å². The number of amides is 2. The lowest BCUT2D eigenvalue weighted by Gasteiger charge is -2.21. The number of pyridine rings is 1. The standard InChI is InChI=1S/C21H19F5N6O2/c1-31(17-4-2-3-13(18(17)23)21(24,25)26)20(33)30-12-7-14(22)19(28-8-12)32-9-15(29-11-32)16-10-34-6-5-27-16/h2-4,7-9,11,16,27H,5-6,10H2,1H3,(H,30,33). The van der Waals surface area contributed by atoms with Gasteiger partial charge in [-0.25, -0.2) is 23.5 Å². The first-order valence-electron chi connectivity index (χ1n) is 10.1. The molecule has 2 aromatic heterocycles. The van der Waals surface area contributed by atoms with Crippen LogP contribution in [0.15, 0.2) is 43.0 Å². The average Bonchev–Trinajstić information content (AvgIpc) is 3.28. The molecule has 1 unspecified atom stereocenters. The van der Waals surface area contributed by atoms with E-state index in [2.05, 4.69) is 20.6 Å². The third-order valence-electron chi connectivity index (χ3n) is 5.15. The van der Waals surface area contributed by atoms with Gasteiger partial charge in [0, 0.05) is 25.9 Å². The lowest BCUT2D eigenvalue weighted by molar-refractivity contribution is -0.139. The molecule has 1 fully saturated rings. The topological polar surface area (TPSA) is 84.3 Å². The third-order valence-corrected chi connectivity index (χ3v) is 5.15. The summed E-state index contributed by atoms with van der Waals surface area (Å²) < 4.78 is 74.6. The number of imidazole rings is 1. The van der Waals surface area contributed by atoms with Crippen LogP contribution in [0, 0.1) is 11.6 Å². The van der Waals surface area contributed by atoms with Crippen LogP contribution in [0.1, 0.15) is 17.3 Å². The number of urea groups is 1. The van der Waals surface area contributed by atoms with E-state index in [1.165, 1.54) is 10.9 Å². The first kappa shape index (κ1) is 23.6. The van der Waals surface area contributed by atoms with E-state index in [9.17, 15) is 26.7 Å². The Labute approximate surface area is 190 Å². The van der Waals surface area contributed by atoms with Gasteiger partial charge in [-0.15, -0.1) is 0 Å². The predicted octanol–water partition coefficient (Wildman–Crippen LogP) is 3.89. The van der Waals surface area contributed by atoms with Crippen LogP contribution in [0.3, 0.4) is 0 Å². The molecule has 13 heteroatoms. The minimum atomic E-state index is -4.92. The number of anilines is 2. The first-order valence-corrected chi connectivity index (χ1v) is 10.1. The Balaban J connectivity index is 1.49. The Morgan fingerprint density at radius 2 is 2.09 bits per heavy atom. The molecule has 0 saturated carbocycles. The molecule has 2 amide bonds. The Morgan fingerprint density at radius 1 is 1.29 bits per heavy atom. The van der Waals surface area contributed by atoms with E-state index in [-0.39, 0.29) is 17.5 Å². The molecule has 0 bridgehead atoms. The van der Waals surface area contributed by atoms with Crippen molar-refractivity contribution in [1.82, 2.24) is 19.9 Å². The highest BCUT2D eigenvalue weighted by atomic mass is 19.4. The molecule has 1 aliphatic rings. The molecule has 1 saturated heterocycles. The maximum absolute atomic E-state index is 14.7. The van der Waals surface area contributed by atoms with Gasteiger partial charge in [0.1, 0.15) is 6.33 Å². The third kappa shape index (κ3) is 4.84. The number of ether oxygens (including phenoxy) is 1. The van der Waals surface area contributed by atoms with Gasteiger partial charge in [-0.1, -0.05) is 6.07 Å². The van der Waals surface area contributed by atoms with Crippen molar-refractivity contribution in [3.8, 4) is 5.82 Å². The number of benzene rings is 1. The molecule has 1 aliphatic heterocycles. The SMILES string of the molecule is CN(C(=O)Nc1cnc(-n2cnc(C3COCCN3)c2)c(F)c1)c1cccc(C(F)(F)F)c1F. The summed E-state index contributed by atoms with van der Waals surface area (Å²) in [5.41, 5.74) is -1.53. The van der Waals surface area contributed by atoms with Gasteiger partial charge >= 0.3 is 12.2 Å². The number of carbonyl (C=O) groups excluding carboxylic acids is 1. The van der Waals surface area contributed by atoms with Crippen LogP contribution in [0.2, 0.25) is 0 Å². The number of hydrogen-bond acceptors (Lipinski definition) is 5. The van der Waals surface area contributed by atoms with Crippen LogP contribution in [0.4, 0.5) is 38.1 Å². The second kappa shape index (κ2) is 9.35. The van der Waals surface area contributed by atoms with Crippen LogP contribution >= 0.6 is 0 Å². The van der Waals surface area contributed by atoms with E-state index in [4.69, 9.17) is 4.74 Å². The second-order valence-corrected chi connectivity index (χ2v) is 7.44. The van der Waals surface area contributed by atoms with Gasteiger partial charge in [0.15, 0.2) is 17.5 Å². The van der Waals surface area contributed by atoms with E-state index < -0.39 is 35.1 Å². The molecule has 8 nitrogen and oxygen atoms in total. The van der Waals surface area contributed by atoms with Crippen molar-refractivity contribution >= 4 is 17.4 Å². The Morgan fingerprint density at radius 3 is 2.76 bits per heavy atom. The minimum absolute atomic E-state index is 0.0758. The quantitative estimate of drug-likeness (QED) is 0.552. The van der Waals surface area contributed by atoms with Crippen molar-refractivity contribution in [2.24, 2.45) is 0 Å². The molecule has 180 valence electrons. The summed E-state index contributed by atoms with van der Waals surface area (Å²) in [5, 5.41) is 5.52. The number of aromatic nitrogens is 3. The van der Waals surface area contributed by atoms with Crippen molar-refractivity contribution in [1.29, 1.82) is 0 Å². The number of alkyl halides is 3. The Hall–Kier alpha value is -3.58. The van der Waals surface area contributed by atoms with E-state index in [0.29, 0.717) is 36.4 Å². The number of rotatable bonds is 4. The fraction of sp³-hybridized carbons (Fsp3) is 0.286. The maximum Gasteiger partial charge on any atom is 0.419 e. The number of hydrogen-bond donors (Lipinski definition) is 2. The van der Waals surface area contributed by atoms with Crippen LogP contribution in [-0.4, -0.2) is 47.4 Å². The monoisotopic (exact) mass is 482 g/mol. The van der Waals surface area contributed by atoms with Crippen LogP contribution < -0.4 is 15.5 Å².